The largest absolute Gasteiger partial charge is 0.353 e. The molecule has 0 aliphatic heterocycles. The van der Waals surface area contributed by atoms with Crippen molar-refractivity contribution in [2.75, 3.05) is 0 Å². The van der Waals surface area contributed by atoms with Crippen LogP contribution >= 0.6 is 0 Å². The van der Waals surface area contributed by atoms with E-state index in [1.165, 1.54) is 63.8 Å². The van der Waals surface area contributed by atoms with E-state index in [0.29, 0.717) is 9.68 Å². The van der Waals surface area contributed by atoms with Gasteiger partial charge in [0.2, 0.25) is 0 Å². The summed E-state index contributed by atoms with van der Waals surface area (Å²) in [5.41, 5.74) is 0. The van der Waals surface area contributed by atoms with Crippen molar-refractivity contribution in [3.63, 3.8) is 0 Å². The van der Waals surface area contributed by atoms with Crippen LogP contribution in [-0.2, 0) is 0 Å². The third-order valence-corrected chi connectivity index (χ3v) is 3.07. The topological polar surface area (TPSA) is 26.0 Å². The predicted molar refractivity (Wildman–Crippen MR) is 62.0 cm³/mol. The molecule has 0 bridgehead atoms. The van der Waals surface area contributed by atoms with E-state index in [2.05, 4.69) is 6.92 Å². The minimum Gasteiger partial charge on any atom is -0.353 e. The molecule has 0 unspecified atom stereocenters. The van der Waals surface area contributed by atoms with Gasteiger partial charge >= 0.3 is 0 Å². The highest BCUT2D eigenvalue weighted by atomic mass is 28.2. The molecule has 2 radical (unpaired) electrons. The van der Waals surface area contributed by atoms with Crippen molar-refractivity contribution < 1.29 is 0 Å². The second-order valence-corrected chi connectivity index (χ2v) is 4.69. The third-order valence-electron chi connectivity index (χ3n) is 2.42. The summed E-state index contributed by atoms with van der Waals surface area (Å²) in [7, 11) is 0.670. The van der Waals surface area contributed by atoms with Crippen LogP contribution in [0.2, 0.25) is 6.04 Å². The normalized spacial score (nSPS) is 10.6. The molecule has 0 aromatic carbocycles. The van der Waals surface area contributed by atoms with E-state index in [0.717, 1.165) is 0 Å². The lowest BCUT2D eigenvalue weighted by molar-refractivity contribution is 0.572. The second-order valence-electron chi connectivity index (χ2n) is 3.78. The Morgan fingerprint density at radius 3 is 1.69 bits per heavy atom. The van der Waals surface area contributed by atoms with E-state index in [1.54, 1.807) is 0 Å². The van der Waals surface area contributed by atoms with Crippen LogP contribution in [0.3, 0.4) is 0 Å². The summed E-state index contributed by atoms with van der Waals surface area (Å²) >= 11 is 0. The molecule has 1 nitrogen and oxygen atoms in total. The van der Waals surface area contributed by atoms with Crippen LogP contribution in [0.25, 0.3) is 0 Å². The molecule has 0 amide bonds. The van der Waals surface area contributed by atoms with Gasteiger partial charge < -0.3 is 5.40 Å². The van der Waals surface area contributed by atoms with E-state index in [9.17, 15) is 0 Å². The summed E-state index contributed by atoms with van der Waals surface area (Å²) in [4.78, 5) is 0. The first-order chi connectivity index (χ1) is 6.41. The summed E-state index contributed by atoms with van der Waals surface area (Å²) in [6.45, 7) is 2.27. The first kappa shape index (κ1) is 13.2. The highest BCUT2D eigenvalue weighted by Gasteiger charge is 1.91. The second kappa shape index (κ2) is 12.2. The lowest BCUT2D eigenvalue weighted by Crippen LogP contribution is -2.02. The molecule has 2 N–H and O–H groups in total. The molecule has 0 aliphatic rings. The minimum atomic E-state index is 0.670. The van der Waals surface area contributed by atoms with E-state index in [-0.39, 0.29) is 0 Å². The Balaban J connectivity index is 2.76. The molecule has 13 heavy (non-hydrogen) atoms. The Morgan fingerprint density at radius 1 is 0.769 bits per heavy atom. The SMILES string of the molecule is CCCCCCCCCCC[Si]N. The smallest absolute Gasteiger partial charge is 0.135 e. The summed E-state index contributed by atoms with van der Waals surface area (Å²) in [6, 6.07) is 1.25. The zero-order valence-corrected chi connectivity index (χ0v) is 10.1. The van der Waals surface area contributed by atoms with Crippen molar-refractivity contribution in [3.8, 4) is 0 Å². The van der Waals surface area contributed by atoms with Crippen molar-refractivity contribution in [2.24, 2.45) is 5.40 Å². The van der Waals surface area contributed by atoms with Crippen LogP contribution in [0.15, 0.2) is 0 Å². The Hall–Kier alpha value is 0.177. The fraction of sp³-hybridized carbons (Fsp3) is 1.00. The molecule has 0 spiro atoms. The van der Waals surface area contributed by atoms with Crippen molar-refractivity contribution in [3.05, 3.63) is 0 Å². The monoisotopic (exact) mass is 199 g/mol. The average Bonchev–Trinajstić information content (AvgIpc) is 2.16. The number of rotatable bonds is 10. The summed E-state index contributed by atoms with van der Waals surface area (Å²) in [5, 5.41) is 5.45. The molecule has 0 saturated heterocycles. The Morgan fingerprint density at radius 2 is 1.23 bits per heavy atom. The Kier molecular flexibility index (Phi) is 12.3. The first-order valence-corrected chi connectivity index (χ1v) is 7.13. The van der Waals surface area contributed by atoms with E-state index in [4.69, 9.17) is 5.40 Å². The maximum Gasteiger partial charge on any atom is 0.135 e. The molecule has 2 heteroatoms. The van der Waals surface area contributed by atoms with Gasteiger partial charge in [0.15, 0.2) is 0 Å². The predicted octanol–water partition coefficient (Wildman–Crippen LogP) is 3.51. The molecule has 0 aromatic heterocycles. The Labute approximate surface area is 86.4 Å². The fourth-order valence-corrected chi connectivity index (χ4v) is 1.99. The molecule has 0 heterocycles. The van der Waals surface area contributed by atoms with Gasteiger partial charge in [-0.15, -0.1) is 0 Å². The van der Waals surface area contributed by atoms with E-state index in [1.807, 2.05) is 0 Å². The van der Waals surface area contributed by atoms with Crippen LogP contribution in [-0.4, -0.2) is 9.68 Å². The zero-order chi connectivity index (χ0) is 9.78. The summed E-state index contributed by atoms with van der Waals surface area (Å²) in [6.07, 6.45) is 12.7. The highest BCUT2D eigenvalue weighted by molar-refractivity contribution is 6.30. The zero-order valence-electron chi connectivity index (χ0n) is 9.15. The van der Waals surface area contributed by atoms with Gasteiger partial charge in [-0.25, -0.2) is 0 Å². The highest BCUT2D eigenvalue weighted by Crippen LogP contribution is 2.09. The van der Waals surface area contributed by atoms with Crippen molar-refractivity contribution in [2.45, 2.75) is 70.8 Å². The lowest BCUT2D eigenvalue weighted by atomic mass is 10.1. The van der Waals surface area contributed by atoms with Crippen LogP contribution in [0.5, 0.6) is 0 Å². The van der Waals surface area contributed by atoms with Gasteiger partial charge in [0.25, 0.3) is 0 Å². The number of hydrogen-bond donors (Lipinski definition) is 1. The van der Waals surface area contributed by atoms with Gasteiger partial charge in [0, 0.05) is 0 Å². The third kappa shape index (κ3) is 12.2. The lowest BCUT2D eigenvalue weighted by Gasteiger charge is -2.00. The quantitative estimate of drug-likeness (QED) is 0.423. The summed E-state index contributed by atoms with van der Waals surface area (Å²) in [5.74, 6) is 0. The molecule has 0 aromatic rings. The molecule has 0 atom stereocenters. The molecule has 78 valence electrons. The van der Waals surface area contributed by atoms with Crippen molar-refractivity contribution in [1.29, 1.82) is 0 Å². The van der Waals surface area contributed by atoms with E-state index >= 15 is 0 Å². The van der Waals surface area contributed by atoms with E-state index < -0.39 is 0 Å². The van der Waals surface area contributed by atoms with Gasteiger partial charge in [0.1, 0.15) is 9.68 Å². The van der Waals surface area contributed by atoms with Gasteiger partial charge in [-0.3, -0.25) is 0 Å². The first-order valence-electron chi connectivity index (χ1n) is 5.85. The maximum atomic E-state index is 5.45. The number of unbranched alkanes of at least 4 members (excludes halogenated alkanes) is 8. The molecule has 0 rings (SSSR count). The van der Waals surface area contributed by atoms with Crippen molar-refractivity contribution in [1.82, 2.24) is 0 Å². The molecule has 0 fully saturated rings. The van der Waals surface area contributed by atoms with Crippen LogP contribution in [0, 0.1) is 0 Å². The van der Waals surface area contributed by atoms with Crippen LogP contribution in [0.1, 0.15) is 64.7 Å². The molecule has 0 saturated carbocycles. The van der Waals surface area contributed by atoms with Crippen LogP contribution < -0.4 is 5.40 Å². The molecular weight excluding hydrogens is 174 g/mol. The van der Waals surface area contributed by atoms with Gasteiger partial charge in [0.05, 0.1) is 0 Å². The van der Waals surface area contributed by atoms with Crippen LogP contribution in [0.4, 0.5) is 0 Å². The van der Waals surface area contributed by atoms with Gasteiger partial charge in [-0.2, -0.15) is 0 Å². The van der Waals surface area contributed by atoms with Crippen molar-refractivity contribution >= 4 is 9.68 Å². The van der Waals surface area contributed by atoms with Gasteiger partial charge in [-0.1, -0.05) is 64.7 Å². The fourth-order valence-electron chi connectivity index (χ4n) is 1.54. The van der Waals surface area contributed by atoms with Gasteiger partial charge in [-0.05, 0) is 6.04 Å². The molecular formula is C11H25NSi. The summed E-state index contributed by atoms with van der Waals surface area (Å²) < 4.78 is 0. The Bertz CT molecular complexity index is 76.2. The standard InChI is InChI=1S/C11H25NSi/c1-2-3-4-5-6-7-8-9-10-11-13-12/h2-12H2,1H3. The average molecular weight is 199 g/mol. The maximum absolute atomic E-state index is 5.45. The number of nitrogens with two attached hydrogens (primary N) is 1. The minimum absolute atomic E-state index is 0.670. The number of hydrogen-bond acceptors (Lipinski definition) is 1. The molecule has 0 aliphatic carbocycles.